The largest absolute Gasteiger partial charge is 0.492 e. The summed E-state index contributed by atoms with van der Waals surface area (Å²) in [7, 11) is 0. The Morgan fingerprint density at radius 3 is 2.76 bits per heavy atom. The highest BCUT2D eigenvalue weighted by molar-refractivity contribution is 6.30. The Morgan fingerprint density at radius 1 is 1.48 bits per heavy atom. The molecule has 0 bridgehead atoms. The first kappa shape index (κ1) is 17.6. The lowest BCUT2D eigenvalue weighted by Gasteiger charge is -2.28. The van der Waals surface area contributed by atoms with E-state index in [1.807, 2.05) is 6.92 Å². The molecule has 1 rings (SSSR count). The molecule has 0 fully saturated rings. The summed E-state index contributed by atoms with van der Waals surface area (Å²) in [5.41, 5.74) is -0.912. The van der Waals surface area contributed by atoms with Gasteiger partial charge in [0.15, 0.2) is 0 Å². The Balaban J connectivity index is 2.32. The molecule has 1 aromatic rings. The van der Waals surface area contributed by atoms with Gasteiger partial charge >= 0.3 is 6.03 Å². The number of urea groups is 1. The van der Waals surface area contributed by atoms with Gasteiger partial charge in [-0.1, -0.05) is 17.7 Å². The number of rotatable bonds is 7. The molecular formula is C15H23ClN2O3. The summed E-state index contributed by atoms with van der Waals surface area (Å²) in [5, 5.41) is 13.1. The van der Waals surface area contributed by atoms with Gasteiger partial charge in [-0.15, -0.1) is 0 Å². The Bertz CT molecular complexity index is 460. The number of nitrogens with one attached hydrogen (secondary N) is 1. The Morgan fingerprint density at radius 2 is 2.19 bits per heavy atom. The van der Waals surface area contributed by atoms with Crippen molar-refractivity contribution >= 4 is 17.6 Å². The monoisotopic (exact) mass is 314 g/mol. The summed E-state index contributed by atoms with van der Waals surface area (Å²) >= 11 is 5.85. The minimum Gasteiger partial charge on any atom is -0.492 e. The van der Waals surface area contributed by atoms with Crippen molar-refractivity contribution in [2.75, 3.05) is 26.2 Å². The maximum atomic E-state index is 11.9. The van der Waals surface area contributed by atoms with Gasteiger partial charge in [0.1, 0.15) is 12.4 Å². The molecule has 21 heavy (non-hydrogen) atoms. The number of amides is 2. The van der Waals surface area contributed by atoms with Crippen molar-refractivity contribution in [3.05, 3.63) is 29.3 Å². The summed E-state index contributed by atoms with van der Waals surface area (Å²) in [6, 6.07) is 6.88. The summed E-state index contributed by atoms with van der Waals surface area (Å²) in [4.78, 5) is 13.5. The van der Waals surface area contributed by atoms with Gasteiger partial charge in [-0.2, -0.15) is 0 Å². The third-order valence-corrected chi connectivity index (χ3v) is 2.92. The molecule has 0 spiro atoms. The molecule has 0 heterocycles. The fraction of sp³-hybridized carbons (Fsp3) is 0.533. The number of hydrogen-bond donors (Lipinski definition) is 2. The molecule has 0 atom stereocenters. The molecule has 0 aromatic heterocycles. The number of benzene rings is 1. The first-order valence-corrected chi connectivity index (χ1v) is 7.33. The van der Waals surface area contributed by atoms with Crippen LogP contribution < -0.4 is 10.1 Å². The third kappa shape index (κ3) is 7.20. The van der Waals surface area contributed by atoms with E-state index in [0.717, 1.165) is 0 Å². The quantitative estimate of drug-likeness (QED) is 0.760. The van der Waals surface area contributed by atoms with Crippen LogP contribution >= 0.6 is 11.6 Å². The minimum absolute atomic E-state index is 0.214. The molecule has 2 amide bonds. The van der Waals surface area contributed by atoms with Crippen molar-refractivity contribution < 1.29 is 14.6 Å². The van der Waals surface area contributed by atoms with E-state index >= 15 is 0 Å². The van der Waals surface area contributed by atoms with Crippen LogP contribution in [0.25, 0.3) is 0 Å². The van der Waals surface area contributed by atoms with Crippen LogP contribution in [0.3, 0.4) is 0 Å². The average molecular weight is 315 g/mol. The van der Waals surface area contributed by atoms with Crippen LogP contribution in [0.15, 0.2) is 24.3 Å². The predicted molar refractivity (Wildman–Crippen MR) is 83.9 cm³/mol. The number of nitrogens with zero attached hydrogens (tertiary/aromatic N) is 1. The molecule has 0 aliphatic carbocycles. The lowest BCUT2D eigenvalue weighted by molar-refractivity contribution is 0.0479. The molecule has 0 radical (unpaired) electrons. The van der Waals surface area contributed by atoms with Crippen LogP contribution in [0, 0.1) is 0 Å². The Kier molecular flexibility index (Phi) is 6.78. The zero-order valence-electron chi connectivity index (χ0n) is 12.7. The second kappa shape index (κ2) is 8.10. The van der Waals surface area contributed by atoms with Crippen LogP contribution in [-0.2, 0) is 0 Å². The van der Waals surface area contributed by atoms with Gasteiger partial charge in [-0.25, -0.2) is 4.79 Å². The second-order valence-corrected chi connectivity index (χ2v) is 5.80. The molecule has 0 saturated heterocycles. The smallest absolute Gasteiger partial charge is 0.317 e. The highest BCUT2D eigenvalue weighted by Crippen LogP contribution is 2.16. The highest BCUT2D eigenvalue weighted by atomic mass is 35.5. The molecule has 6 heteroatoms. The second-order valence-electron chi connectivity index (χ2n) is 5.36. The standard InChI is InChI=1S/C15H23ClN2O3/c1-4-18(11-15(2,3)20)14(19)17-8-9-21-13-7-5-6-12(16)10-13/h5-7,10,20H,4,8-9,11H2,1-3H3,(H,17,19). The van der Waals surface area contributed by atoms with E-state index in [9.17, 15) is 9.90 Å². The minimum atomic E-state index is -0.912. The van der Waals surface area contributed by atoms with Crippen LogP contribution in [0.2, 0.25) is 5.02 Å². The van der Waals surface area contributed by atoms with Crippen molar-refractivity contribution in [2.24, 2.45) is 0 Å². The van der Waals surface area contributed by atoms with Gasteiger partial charge in [0, 0.05) is 11.6 Å². The summed E-state index contributed by atoms with van der Waals surface area (Å²) in [6.45, 7) is 6.76. The van der Waals surface area contributed by atoms with E-state index in [0.29, 0.717) is 30.5 Å². The first-order valence-electron chi connectivity index (χ1n) is 6.95. The zero-order valence-corrected chi connectivity index (χ0v) is 13.5. The Labute approximate surface area is 130 Å². The SMILES string of the molecule is CCN(CC(C)(C)O)C(=O)NCCOc1cccc(Cl)c1. The van der Waals surface area contributed by atoms with Crippen molar-refractivity contribution in [1.82, 2.24) is 10.2 Å². The molecular weight excluding hydrogens is 292 g/mol. The van der Waals surface area contributed by atoms with E-state index in [-0.39, 0.29) is 12.6 Å². The number of hydrogen-bond acceptors (Lipinski definition) is 3. The van der Waals surface area contributed by atoms with Gasteiger partial charge in [0.05, 0.1) is 18.7 Å². The lowest BCUT2D eigenvalue weighted by Crippen LogP contribution is -2.47. The summed E-state index contributed by atoms with van der Waals surface area (Å²) in [6.07, 6.45) is 0. The third-order valence-electron chi connectivity index (χ3n) is 2.69. The highest BCUT2D eigenvalue weighted by Gasteiger charge is 2.20. The molecule has 2 N–H and O–H groups in total. The van der Waals surface area contributed by atoms with Crippen LogP contribution in [0.5, 0.6) is 5.75 Å². The fourth-order valence-electron chi connectivity index (χ4n) is 1.79. The predicted octanol–water partition coefficient (Wildman–Crippen LogP) is 2.52. The number of ether oxygens (including phenoxy) is 1. The van der Waals surface area contributed by atoms with Crippen LogP contribution in [-0.4, -0.2) is 47.9 Å². The first-order chi connectivity index (χ1) is 9.81. The van der Waals surface area contributed by atoms with Crippen LogP contribution in [0.1, 0.15) is 20.8 Å². The fourth-order valence-corrected chi connectivity index (χ4v) is 1.97. The molecule has 0 unspecified atom stereocenters. The summed E-state index contributed by atoms with van der Waals surface area (Å²) < 4.78 is 5.48. The molecule has 5 nitrogen and oxygen atoms in total. The number of carbonyl (C=O) groups is 1. The lowest BCUT2D eigenvalue weighted by atomic mass is 10.1. The number of aliphatic hydroxyl groups is 1. The van der Waals surface area contributed by atoms with E-state index in [4.69, 9.17) is 16.3 Å². The van der Waals surface area contributed by atoms with Crippen LogP contribution in [0.4, 0.5) is 4.79 Å². The normalized spacial score (nSPS) is 11.1. The summed E-state index contributed by atoms with van der Waals surface area (Å²) in [5.74, 6) is 0.667. The topological polar surface area (TPSA) is 61.8 Å². The number of halogens is 1. The molecule has 0 saturated carbocycles. The van der Waals surface area contributed by atoms with Gasteiger partial charge in [0.25, 0.3) is 0 Å². The van der Waals surface area contributed by atoms with Gasteiger partial charge < -0.3 is 20.1 Å². The number of carbonyl (C=O) groups excluding carboxylic acids is 1. The van der Waals surface area contributed by atoms with E-state index < -0.39 is 5.60 Å². The Hall–Kier alpha value is -1.46. The van der Waals surface area contributed by atoms with E-state index in [2.05, 4.69) is 5.32 Å². The maximum Gasteiger partial charge on any atom is 0.317 e. The van der Waals surface area contributed by atoms with Gasteiger partial charge in [-0.05, 0) is 39.0 Å². The average Bonchev–Trinajstić information content (AvgIpc) is 2.40. The van der Waals surface area contributed by atoms with Crippen molar-refractivity contribution in [3.63, 3.8) is 0 Å². The molecule has 0 aliphatic rings. The van der Waals surface area contributed by atoms with Crippen molar-refractivity contribution in [1.29, 1.82) is 0 Å². The van der Waals surface area contributed by atoms with E-state index in [1.54, 1.807) is 43.0 Å². The maximum absolute atomic E-state index is 11.9. The molecule has 0 aliphatic heterocycles. The van der Waals surface area contributed by atoms with Crippen molar-refractivity contribution in [3.8, 4) is 5.75 Å². The van der Waals surface area contributed by atoms with E-state index in [1.165, 1.54) is 0 Å². The van der Waals surface area contributed by atoms with Gasteiger partial charge in [-0.3, -0.25) is 0 Å². The van der Waals surface area contributed by atoms with Gasteiger partial charge in [0.2, 0.25) is 0 Å². The van der Waals surface area contributed by atoms with Crippen molar-refractivity contribution in [2.45, 2.75) is 26.4 Å². The number of likely N-dealkylation sites (N-methyl/N-ethyl adjacent to an activating group) is 1. The zero-order chi connectivity index (χ0) is 15.9. The molecule has 1 aromatic carbocycles. The molecule has 118 valence electrons.